The summed E-state index contributed by atoms with van der Waals surface area (Å²) in [7, 11) is 0. The minimum atomic E-state index is 0.511. The van der Waals surface area contributed by atoms with E-state index in [1.807, 2.05) is 17.7 Å². The highest BCUT2D eigenvalue weighted by Gasteiger charge is 2.27. The quantitative estimate of drug-likeness (QED) is 0.752. The fourth-order valence-corrected chi connectivity index (χ4v) is 2.28. The molecule has 0 spiro atoms. The van der Waals surface area contributed by atoms with Crippen molar-refractivity contribution in [2.45, 2.75) is 36.7 Å². The summed E-state index contributed by atoms with van der Waals surface area (Å²) >= 11 is 1.59. The summed E-state index contributed by atoms with van der Waals surface area (Å²) in [5.74, 6) is 1.57. The van der Waals surface area contributed by atoms with E-state index >= 15 is 0 Å². The van der Waals surface area contributed by atoms with Gasteiger partial charge in [0.05, 0.1) is 11.7 Å². The Kier molecular flexibility index (Phi) is 2.39. The van der Waals surface area contributed by atoms with Crippen LogP contribution in [0, 0.1) is 6.92 Å². The summed E-state index contributed by atoms with van der Waals surface area (Å²) < 4.78 is 6.90. The lowest BCUT2D eigenvalue weighted by molar-refractivity contribution is 0.393. The number of thioether (sulfide) groups is 1. The van der Waals surface area contributed by atoms with Gasteiger partial charge in [-0.1, -0.05) is 16.9 Å². The lowest BCUT2D eigenvalue weighted by Crippen LogP contribution is -1.98. The molecule has 7 heteroatoms. The van der Waals surface area contributed by atoms with E-state index in [9.17, 15) is 0 Å². The molecule has 1 saturated carbocycles. The van der Waals surface area contributed by atoms with Crippen LogP contribution in [0.5, 0.6) is 0 Å². The second-order valence-electron chi connectivity index (χ2n) is 3.85. The van der Waals surface area contributed by atoms with E-state index in [-0.39, 0.29) is 0 Å². The molecule has 0 radical (unpaired) electrons. The molecule has 1 aliphatic carbocycles. The van der Waals surface area contributed by atoms with Crippen molar-refractivity contribution in [1.82, 2.24) is 25.4 Å². The first-order chi connectivity index (χ1) is 7.83. The predicted molar refractivity (Wildman–Crippen MR) is 56.9 cm³/mol. The van der Waals surface area contributed by atoms with Gasteiger partial charge in [0.2, 0.25) is 5.16 Å². The van der Waals surface area contributed by atoms with Crippen LogP contribution in [0.2, 0.25) is 0 Å². The van der Waals surface area contributed by atoms with Crippen molar-refractivity contribution in [3.63, 3.8) is 0 Å². The molecule has 0 unspecified atom stereocenters. The van der Waals surface area contributed by atoms with Crippen molar-refractivity contribution in [1.29, 1.82) is 0 Å². The largest absolute Gasteiger partial charge is 0.361 e. The summed E-state index contributed by atoms with van der Waals surface area (Å²) in [6.45, 7) is 1.88. The van der Waals surface area contributed by atoms with E-state index in [2.05, 4.69) is 20.7 Å². The Morgan fingerprint density at radius 2 is 2.44 bits per heavy atom. The smallest absolute Gasteiger partial charge is 0.209 e. The molecule has 6 nitrogen and oxygen atoms in total. The first kappa shape index (κ1) is 9.83. The molecule has 2 heterocycles. The van der Waals surface area contributed by atoms with Gasteiger partial charge >= 0.3 is 0 Å². The molecule has 2 aromatic rings. The molecule has 16 heavy (non-hydrogen) atoms. The molecule has 0 N–H and O–H groups in total. The van der Waals surface area contributed by atoms with Gasteiger partial charge in [-0.15, -0.1) is 5.10 Å². The van der Waals surface area contributed by atoms with Gasteiger partial charge in [-0.25, -0.2) is 4.68 Å². The zero-order valence-corrected chi connectivity index (χ0v) is 9.65. The molecule has 3 rings (SSSR count). The zero-order chi connectivity index (χ0) is 11.0. The molecule has 0 aromatic carbocycles. The number of rotatable bonds is 4. The number of hydrogen-bond donors (Lipinski definition) is 0. The van der Waals surface area contributed by atoms with Crippen LogP contribution in [-0.2, 0) is 5.75 Å². The number of aromatic nitrogens is 5. The third kappa shape index (κ3) is 1.95. The topological polar surface area (TPSA) is 69.6 Å². The number of nitrogens with zero attached hydrogens (tertiary/aromatic N) is 5. The van der Waals surface area contributed by atoms with E-state index in [0.29, 0.717) is 6.04 Å². The van der Waals surface area contributed by atoms with Gasteiger partial charge in [0.15, 0.2) is 0 Å². The van der Waals surface area contributed by atoms with Crippen LogP contribution in [0.1, 0.15) is 30.3 Å². The summed E-state index contributed by atoms with van der Waals surface area (Å²) in [6.07, 6.45) is 2.36. The van der Waals surface area contributed by atoms with E-state index in [1.165, 1.54) is 12.8 Å². The van der Waals surface area contributed by atoms with E-state index in [1.54, 1.807) is 11.8 Å². The van der Waals surface area contributed by atoms with Crippen molar-refractivity contribution in [3.8, 4) is 0 Å². The predicted octanol–water partition coefficient (Wildman–Crippen LogP) is 1.60. The number of aryl methyl sites for hydroxylation is 1. The van der Waals surface area contributed by atoms with Crippen molar-refractivity contribution in [2.24, 2.45) is 0 Å². The van der Waals surface area contributed by atoms with Crippen molar-refractivity contribution in [3.05, 3.63) is 17.5 Å². The molecule has 0 saturated heterocycles. The van der Waals surface area contributed by atoms with Crippen LogP contribution in [0.4, 0.5) is 0 Å². The van der Waals surface area contributed by atoms with E-state index in [0.717, 1.165) is 22.4 Å². The first-order valence-electron chi connectivity index (χ1n) is 5.16. The van der Waals surface area contributed by atoms with Gasteiger partial charge in [0.1, 0.15) is 5.76 Å². The molecule has 0 atom stereocenters. The Balaban J connectivity index is 1.67. The number of hydrogen-bond acceptors (Lipinski definition) is 6. The molecule has 84 valence electrons. The fourth-order valence-electron chi connectivity index (χ4n) is 1.45. The molecule has 1 fully saturated rings. The normalized spacial score (nSPS) is 15.6. The van der Waals surface area contributed by atoms with Gasteiger partial charge in [-0.2, -0.15) is 0 Å². The minimum Gasteiger partial charge on any atom is -0.361 e. The Labute approximate surface area is 96.4 Å². The van der Waals surface area contributed by atoms with Gasteiger partial charge in [-0.05, 0) is 30.2 Å². The van der Waals surface area contributed by atoms with Crippen molar-refractivity contribution < 1.29 is 4.52 Å². The van der Waals surface area contributed by atoms with Crippen LogP contribution >= 0.6 is 11.8 Å². The highest BCUT2D eigenvalue weighted by Crippen LogP contribution is 2.36. The average Bonchev–Trinajstić information content (AvgIpc) is 2.86. The van der Waals surface area contributed by atoms with E-state index < -0.39 is 0 Å². The summed E-state index contributed by atoms with van der Waals surface area (Å²) in [6, 6.07) is 2.44. The molecule has 0 amide bonds. The molecule has 0 aliphatic heterocycles. The Morgan fingerprint density at radius 1 is 1.56 bits per heavy atom. The minimum absolute atomic E-state index is 0.511. The molecule has 2 aromatic heterocycles. The van der Waals surface area contributed by atoms with Crippen molar-refractivity contribution in [2.75, 3.05) is 0 Å². The first-order valence-corrected chi connectivity index (χ1v) is 6.14. The van der Waals surface area contributed by atoms with Crippen molar-refractivity contribution >= 4 is 11.8 Å². The summed E-state index contributed by atoms with van der Waals surface area (Å²) in [5, 5.41) is 16.5. The van der Waals surface area contributed by atoms with Crippen LogP contribution in [0.25, 0.3) is 0 Å². The Morgan fingerprint density at radius 3 is 3.12 bits per heavy atom. The highest BCUT2D eigenvalue weighted by atomic mass is 32.2. The third-order valence-corrected chi connectivity index (χ3v) is 3.35. The molecular weight excluding hydrogens is 226 g/mol. The third-order valence-electron chi connectivity index (χ3n) is 2.38. The molecule has 1 aliphatic rings. The monoisotopic (exact) mass is 237 g/mol. The second kappa shape index (κ2) is 3.89. The van der Waals surface area contributed by atoms with Gasteiger partial charge < -0.3 is 4.52 Å². The second-order valence-corrected chi connectivity index (χ2v) is 4.80. The SMILES string of the molecule is Cc1cc(CSc2nnnn2C2CC2)no1. The van der Waals surface area contributed by atoms with Gasteiger partial charge in [0.25, 0.3) is 0 Å². The van der Waals surface area contributed by atoms with Gasteiger partial charge in [0, 0.05) is 11.8 Å². The lowest BCUT2D eigenvalue weighted by Gasteiger charge is -1.99. The van der Waals surface area contributed by atoms with Crippen LogP contribution in [-0.4, -0.2) is 25.4 Å². The fraction of sp³-hybridized carbons (Fsp3) is 0.556. The van der Waals surface area contributed by atoms with Crippen LogP contribution in [0.15, 0.2) is 15.7 Å². The Bertz CT molecular complexity index is 490. The number of tetrazole rings is 1. The summed E-state index contributed by atoms with van der Waals surface area (Å²) in [4.78, 5) is 0. The molecule has 0 bridgehead atoms. The van der Waals surface area contributed by atoms with Crippen LogP contribution < -0.4 is 0 Å². The maximum atomic E-state index is 5.00. The summed E-state index contributed by atoms with van der Waals surface area (Å²) in [5.41, 5.74) is 0.924. The zero-order valence-electron chi connectivity index (χ0n) is 8.83. The average molecular weight is 237 g/mol. The standard InChI is InChI=1S/C9H11N5OS/c1-6-4-7(11-15-6)5-16-9-10-12-13-14(9)8-2-3-8/h4,8H,2-3,5H2,1H3. The van der Waals surface area contributed by atoms with Crippen LogP contribution in [0.3, 0.4) is 0 Å². The highest BCUT2D eigenvalue weighted by molar-refractivity contribution is 7.98. The lowest BCUT2D eigenvalue weighted by atomic mass is 10.4. The maximum absolute atomic E-state index is 5.00. The molecular formula is C9H11N5OS. The Hall–Kier alpha value is -1.37. The van der Waals surface area contributed by atoms with Gasteiger partial charge in [-0.3, -0.25) is 0 Å². The van der Waals surface area contributed by atoms with E-state index in [4.69, 9.17) is 4.52 Å². The maximum Gasteiger partial charge on any atom is 0.209 e.